The van der Waals surface area contributed by atoms with Crippen molar-refractivity contribution in [3.8, 4) is 0 Å². The Kier molecular flexibility index (Phi) is 6.27. The van der Waals surface area contributed by atoms with Crippen molar-refractivity contribution in [3.63, 3.8) is 0 Å². The third kappa shape index (κ3) is 5.65. The summed E-state index contributed by atoms with van der Waals surface area (Å²) in [6.45, 7) is 3.82. The van der Waals surface area contributed by atoms with Crippen molar-refractivity contribution in [1.29, 1.82) is 0 Å². The van der Waals surface area contributed by atoms with Crippen LogP contribution in [0.1, 0.15) is 30.5 Å². The molecule has 0 saturated carbocycles. The van der Waals surface area contributed by atoms with E-state index in [2.05, 4.69) is 10.0 Å². The standard InChI is InChI=1S/C18H21FN2O3S/c1-13-3-5-15(6-4-13)14(2)21-18(22)11-12-20-25(23,24)17-9-7-16(19)8-10-17/h3-10,14,20H,11-12H2,1-2H3,(H,21,22). The first-order valence-electron chi connectivity index (χ1n) is 7.89. The highest BCUT2D eigenvalue weighted by atomic mass is 32.2. The summed E-state index contributed by atoms with van der Waals surface area (Å²) in [4.78, 5) is 11.9. The number of benzene rings is 2. The minimum Gasteiger partial charge on any atom is -0.350 e. The number of nitrogens with one attached hydrogen (secondary N) is 2. The fourth-order valence-electron chi connectivity index (χ4n) is 2.25. The van der Waals surface area contributed by atoms with Crippen molar-refractivity contribution < 1.29 is 17.6 Å². The van der Waals surface area contributed by atoms with E-state index in [4.69, 9.17) is 0 Å². The molecule has 0 aliphatic rings. The summed E-state index contributed by atoms with van der Waals surface area (Å²) in [5.41, 5.74) is 2.11. The predicted octanol–water partition coefficient (Wildman–Crippen LogP) is 2.68. The highest BCUT2D eigenvalue weighted by Crippen LogP contribution is 2.13. The summed E-state index contributed by atoms with van der Waals surface area (Å²) in [6, 6.07) is 12.2. The van der Waals surface area contributed by atoms with Crippen molar-refractivity contribution in [2.24, 2.45) is 0 Å². The van der Waals surface area contributed by atoms with Gasteiger partial charge < -0.3 is 5.32 Å². The molecule has 1 amide bonds. The molecule has 1 atom stereocenters. The summed E-state index contributed by atoms with van der Waals surface area (Å²) in [6.07, 6.45) is 0.0105. The topological polar surface area (TPSA) is 75.3 Å². The molecule has 0 aliphatic carbocycles. The SMILES string of the molecule is Cc1ccc(C(C)NC(=O)CCNS(=O)(=O)c2ccc(F)cc2)cc1. The smallest absolute Gasteiger partial charge is 0.240 e. The quantitative estimate of drug-likeness (QED) is 0.793. The summed E-state index contributed by atoms with van der Waals surface area (Å²) < 4.78 is 39.3. The molecule has 1 unspecified atom stereocenters. The fraction of sp³-hybridized carbons (Fsp3) is 0.278. The summed E-state index contributed by atoms with van der Waals surface area (Å²) in [5, 5.41) is 2.83. The molecule has 0 radical (unpaired) electrons. The van der Waals surface area contributed by atoms with Crippen LogP contribution >= 0.6 is 0 Å². The normalized spacial score (nSPS) is 12.6. The van der Waals surface area contributed by atoms with Crippen molar-refractivity contribution >= 4 is 15.9 Å². The fourth-order valence-corrected chi connectivity index (χ4v) is 3.28. The number of carbonyl (C=O) groups excluding carboxylic acids is 1. The predicted molar refractivity (Wildman–Crippen MR) is 93.9 cm³/mol. The largest absolute Gasteiger partial charge is 0.350 e. The molecular weight excluding hydrogens is 343 g/mol. The molecule has 2 aromatic carbocycles. The monoisotopic (exact) mass is 364 g/mol. The molecule has 2 N–H and O–H groups in total. The van der Waals surface area contributed by atoms with E-state index in [1.54, 1.807) is 0 Å². The van der Waals surface area contributed by atoms with Crippen LogP contribution < -0.4 is 10.0 Å². The Morgan fingerprint density at radius 1 is 1.08 bits per heavy atom. The van der Waals surface area contributed by atoms with Crippen LogP contribution in [0.3, 0.4) is 0 Å². The van der Waals surface area contributed by atoms with E-state index < -0.39 is 15.8 Å². The lowest BCUT2D eigenvalue weighted by Gasteiger charge is -2.15. The minimum atomic E-state index is -3.75. The van der Waals surface area contributed by atoms with Gasteiger partial charge in [-0.1, -0.05) is 29.8 Å². The van der Waals surface area contributed by atoms with Gasteiger partial charge in [-0.25, -0.2) is 17.5 Å². The lowest BCUT2D eigenvalue weighted by atomic mass is 10.1. The van der Waals surface area contributed by atoms with E-state index in [0.29, 0.717) is 0 Å². The lowest BCUT2D eigenvalue weighted by Crippen LogP contribution is -2.32. The zero-order valence-corrected chi connectivity index (χ0v) is 14.9. The minimum absolute atomic E-state index is 0.0105. The molecular formula is C18H21FN2O3S. The second kappa shape index (κ2) is 8.22. The second-order valence-electron chi connectivity index (χ2n) is 5.80. The average Bonchev–Trinajstić information content (AvgIpc) is 2.55. The van der Waals surface area contributed by atoms with Gasteiger partial charge in [0.05, 0.1) is 10.9 Å². The van der Waals surface area contributed by atoms with Gasteiger partial charge in [0.2, 0.25) is 15.9 Å². The van der Waals surface area contributed by atoms with Crippen molar-refractivity contribution in [2.45, 2.75) is 31.2 Å². The molecule has 0 saturated heterocycles. The number of carbonyl (C=O) groups is 1. The number of rotatable bonds is 7. The third-order valence-electron chi connectivity index (χ3n) is 3.72. The van der Waals surface area contributed by atoms with Gasteiger partial charge in [0.15, 0.2) is 0 Å². The highest BCUT2D eigenvalue weighted by Gasteiger charge is 2.15. The number of aryl methyl sites for hydroxylation is 1. The second-order valence-corrected chi connectivity index (χ2v) is 7.57. The number of sulfonamides is 1. The Morgan fingerprint density at radius 2 is 1.68 bits per heavy atom. The Morgan fingerprint density at radius 3 is 2.28 bits per heavy atom. The number of hydrogen-bond acceptors (Lipinski definition) is 3. The van der Waals surface area contributed by atoms with Gasteiger partial charge in [0.1, 0.15) is 5.82 Å². The van der Waals surface area contributed by atoms with Gasteiger partial charge in [0, 0.05) is 13.0 Å². The number of amides is 1. The molecule has 0 heterocycles. The molecule has 5 nitrogen and oxygen atoms in total. The van der Waals surface area contributed by atoms with E-state index in [1.165, 1.54) is 12.1 Å². The Labute approximate surface area is 147 Å². The molecule has 0 aliphatic heterocycles. The van der Waals surface area contributed by atoms with Crippen LogP contribution in [0.5, 0.6) is 0 Å². The Hall–Kier alpha value is -2.25. The molecule has 2 aromatic rings. The van der Waals surface area contributed by atoms with Crippen LogP contribution in [0.15, 0.2) is 53.4 Å². The van der Waals surface area contributed by atoms with Crippen LogP contribution in [0.2, 0.25) is 0 Å². The summed E-state index contributed by atoms with van der Waals surface area (Å²) in [7, 11) is -3.75. The third-order valence-corrected chi connectivity index (χ3v) is 5.20. The van der Waals surface area contributed by atoms with Gasteiger partial charge in [-0.05, 0) is 43.7 Å². The lowest BCUT2D eigenvalue weighted by molar-refractivity contribution is -0.121. The van der Waals surface area contributed by atoms with Gasteiger partial charge >= 0.3 is 0 Å². The first kappa shape index (κ1) is 19.1. The molecule has 134 valence electrons. The maximum atomic E-state index is 12.8. The molecule has 0 aromatic heterocycles. The van der Waals surface area contributed by atoms with Crippen LogP contribution in [0, 0.1) is 12.7 Å². The maximum absolute atomic E-state index is 12.8. The van der Waals surface area contributed by atoms with Crippen LogP contribution in [0.4, 0.5) is 4.39 Å². The van der Waals surface area contributed by atoms with Crippen molar-refractivity contribution in [3.05, 3.63) is 65.5 Å². The molecule has 0 spiro atoms. The molecule has 25 heavy (non-hydrogen) atoms. The molecule has 7 heteroatoms. The van der Waals surface area contributed by atoms with Crippen LogP contribution in [-0.4, -0.2) is 20.9 Å². The van der Waals surface area contributed by atoms with Crippen LogP contribution in [-0.2, 0) is 14.8 Å². The first-order chi connectivity index (χ1) is 11.8. The molecule has 2 rings (SSSR count). The van der Waals surface area contributed by atoms with Gasteiger partial charge in [0.25, 0.3) is 0 Å². The van der Waals surface area contributed by atoms with E-state index >= 15 is 0 Å². The first-order valence-corrected chi connectivity index (χ1v) is 9.37. The maximum Gasteiger partial charge on any atom is 0.240 e. The highest BCUT2D eigenvalue weighted by molar-refractivity contribution is 7.89. The van der Waals surface area contributed by atoms with E-state index in [0.717, 1.165) is 23.3 Å². The zero-order chi connectivity index (χ0) is 18.4. The van der Waals surface area contributed by atoms with E-state index in [1.807, 2.05) is 38.1 Å². The number of halogens is 1. The van der Waals surface area contributed by atoms with E-state index in [-0.39, 0.29) is 29.8 Å². The summed E-state index contributed by atoms with van der Waals surface area (Å²) >= 11 is 0. The van der Waals surface area contributed by atoms with Crippen molar-refractivity contribution in [1.82, 2.24) is 10.0 Å². The molecule has 0 bridgehead atoms. The summed E-state index contributed by atoms with van der Waals surface area (Å²) in [5.74, 6) is -0.765. The number of hydrogen-bond donors (Lipinski definition) is 2. The van der Waals surface area contributed by atoms with Crippen LogP contribution in [0.25, 0.3) is 0 Å². The van der Waals surface area contributed by atoms with Gasteiger partial charge in [-0.2, -0.15) is 0 Å². The molecule has 0 fully saturated rings. The van der Waals surface area contributed by atoms with Crippen molar-refractivity contribution in [2.75, 3.05) is 6.54 Å². The van der Waals surface area contributed by atoms with E-state index in [9.17, 15) is 17.6 Å². The Balaban J connectivity index is 1.83. The average molecular weight is 364 g/mol. The van der Waals surface area contributed by atoms with Gasteiger partial charge in [-0.15, -0.1) is 0 Å². The van der Waals surface area contributed by atoms with Gasteiger partial charge in [-0.3, -0.25) is 4.79 Å². The zero-order valence-electron chi connectivity index (χ0n) is 14.1. The Bertz CT molecular complexity index is 818.